The van der Waals surface area contributed by atoms with Crippen molar-refractivity contribution in [2.75, 3.05) is 13.2 Å². The molecule has 0 rings (SSSR count). The molecule has 0 aromatic rings. The van der Waals surface area contributed by atoms with Crippen LogP contribution in [0, 0.1) is 0 Å². The molecule has 0 saturated carbocycles. The van der Waals surface area contributed by atoms with Gasteiger partial charge in [0.2, 0.25) is 0 Å². The van der Waals surface area contributed by atoms with Crippen LogP contribution in [0.5, 0.6) is 0 Å². The number of carbonyl (C=O) groups excluding carboxylic acids is 3. The SMILES string of the molecule is CCCCCCCCCC/C=C\CCCCCCCCCCCCCCCCCCCC(=O)OCC(COC(=O)CCCCCCCCC)OC(=O)CCCCCCCCCCCCCCCCCCCCCCCCCCC. The van der Waals surface area contributed by atoms with Gasteiger partial charge in [0.1, 0.15) is 13.2 Å². The molecule has 1 unspecified atom stereocenters. The summed E-state index contributed by atoms with van der Waals surface area (Å²) >= 11 is 0. The van der Waals surface area contributed by atoms with Gasteiger partial charge in [-0.05, 0) is 44.9 Å². The summed E-state index contributed by atoms with van der Waals surface area (Å²) in [5.41, 5.74) is 0. The quantitative estimate of drug-likeness (QED) is 0.0261. The first-order chi connectivity index (χ1) is 39.0. The lowest BCUT2D eigenvalue weighted by Gasteiger charge is -2.18. The highest BCUT2D eigenvalue weighted by molar-refractivity contribution is 5.71. The summed E-state index contributed by atoms with van der Waals surface area (Å²) in [6, 6.07) is 0. The van der Waals surface area contributed by atoms with Crippen molar-refractivity contribution in [3.63, 3.8) is 0 Å². The van der Waals surface area contributed by atoms with Gasteiger partial charge in [0, 0.05) is 19.3 Å². The minimum atomic E-state index is -0.764. The lowest BCUT2D eigenvalue weighted by atomic mass is 10.0. The first-order valence-corrected chi connectivity index (χ1v) is 36.2. The zero-order valence-corrected chi connectivity index (χ0v) is 53.9. The van der Waals surface area contributed by atoms with Crippen molar-refractivity contribution in [3.05, 3.63) is 12.2 Å². The molecule has 0 fully saturated rings. The Hall–Kier alpha value is -1.85. The summed E-state index contributed by atoms with van der Waals surface area (Å²) in [4.78, 5) is 38.2. The van der Waals surface area contributed by atoms with Crippen molar-refractivity contribution in [2.24, 2.45) is 0 Å². The van der Waals surface area contributed by atoms with Crippen molar-refractivity contribution in [3.8, 4) is 0 Å². The standard InChI is InChI=1S/C73H140O6/c1-4-7-10-13-16-18-20-22-24-26-28-30-32-34-35-36-37-39-40-42-44-46-48-50-52-54-57-60-63-66-72(75)78-69-70(68-77-71(74)65-62-59-56-15-12-9-6-3)79-73(76)67-64-61-58-55-53-51-49-47-45-43-41-38-33-31-29-27-25-23-21-19-17-14-11-8-5-2/h26,28,70H,4-25,27,29-69H2,1-3H3/b28-26-. The molecule has 0 amide bonds. The topological polar surface area (TPSA) is 78.9 Å². The van der Waals surface area contributed by atoms with Crippen LogP contribution in [-0.2, 0) is 28.6 Å². The van der Waals surface area contributed by atoms with Gasteiger partial charge in [-0.3, -0.25) is 14.4 Å². The van der Waals surface area contributed by atoms with Crippen LogP contribution in [0.3, 0.4) is 0 Å². The number of ether oxygens (including phenoxy) is 3. The smallest absolute Gasteiger partial charge is 0.306 e. The number of rotatable bonds is 68. The van der Waals surface area contributed by atoms with Crippen molar-refractivity contribution in [1.82, 2.24) is 0 Å². The van der Waals surface area contributed by atoms with Crippen LogP contribution in [0.15, 0.2) is 12.2 Å². The molecule has 0 spiro atoms. The summed E-state index contributed by atoms with van der Waals surface area (Å²) in [5, 5.41) is 0. The van der Waals surface area contributed by atoms with Crippen LogP contribution in [-0.4, -0.2) is 37.2 Å². The van der Waals surface area contributed by atoms with E-state index in [-0.39, 0.29) is 31.1 Å². The van der Waals surface area contributed by atoms with Crippen LogP contribution in [0.4, 0.5) is 0 Å². The van der Waals surface area contributed by atoms with Gasteiger partial charge in [0.05, 0.1) is 0 Å². The number of unbranched alkanes of at least 4 members (excludes halogenated alkanes) is 55. The predicted octanol–water partition coefficient (Wildman–Crippen LogP) is 24.8. The summed E-state index contributed by atoms with van der Waals surface area (Å²) in [7, 11) is 0. The van der Waals surface area contributed by atoms with E-state index in [2.05, 4.69) is 32.9 Å². The molecule has 0 radical (unpaired) electrons. The van der Waals surface area contributed by atoms with E-state index >= 15 is 0 Å². The molecule has 0 aliphatic heterocycles. The summed E-state index contributed by atoms with van der Waals surface area (Å²) in [6.07, 6.45) is 82.9. The molecule has 0 aromatic carbocycles. The van der Waals surface area contributed by atoms with E-state index in [0.717, 1.165) is 57.8 Å². The molecule has 468 valence electrons. The minimum Gasteiger partial charge on any atom is -0.462 e. The predicted molar refractivity (Wildman–Crippen MR) is 344 cm³/mol. The molecule has 6 nitrogen and oxygen atoms in total. The summed E-state index contributed by atoms with van der Waals surface area (Å²) in [5.74, 6) is -0.836. The Balaban J connectivity index is 3.98. The fraction of sp³-hybridized carbons (Fsp3) is 0.932. The average molecular weight is 1110 g/mol. The molecule has 0 aromatic heterocycles. The first kappa shape index (κ1) is 77.2. The highest BCUT2D eigenvalue weighted by atomic mass is 16.6. The van der Waals surface area contributed by atoms with Crippen molar-refractivity contribution >= 4 is 17.9 Å². The molecule has 0 N–H and O–H groups in total. The molecule has 6 heteroatoms. The second-order valence-corrected chi connectivity index (χ2v) is 24.9. The molecule has 0 bridgehead atoms. The lowest BCUT2D eigenvalue weighted by Crippen LogP contribution is -2.30. The van der Waals surface area contributed by atoms with Gasteiger partial charge in [-0.15, -0.1) is 0 Å². The Morgan fingerprint density at radius 1 is 0.241 bits per heavy atom. The maximum absolute atomic E-state index is 12.9. The Morgan fingerprint density at radius 2 is 0.418 bits per heavy atom. The average Bonchev–Trinajstić information content (AvgIpc) is 3.45. The number of hydrogen-bond acceptors (Lipinski definition) is 6. The van der Waals surface area contributed by atoms with Crippen LogP contribution in [0.25, 0.3) is 0 Å². The molecule has 0 aliphatic carbocycles. The molecular formula is C73H140O6. The van der Waals surface area contributed by atoms with E-state index in [1.54, 1.807) is 0 Å². The van der Waals surface area contributed by atoms with Crippen LogP contribution in [0.2, 0.25) is 0 Å². The zero-order chi connectivity index (χ0) is 57.1. The zero-order valence-electron chi connectivity index (χ0n) is 53.9. The molecule has 0 heterocycles. The molecule has 0 aliphatic rings. The third-order valence-corrected chi connectivity index (χ3v) is 16.8. The van der Waals surface area contributed by atoms with E-state index in [4.69, 9.17) is 14.2 Å². The van der Waals surface area contributed by atoms with Gasteiger partial charge >= 0.3 is 17.9 Å². The number of carbonyl (C=O) groups is 3. The van der Waals surface area contributed by atoms with E-state index in [0.29, 0.717) is 19.3 Å². The van der Waals surface area contributed by atoms with Crippen molar-refractivity contribution in [2.45, 2.75) is 425 Å². The second kappa shape index (κ2) is 68.6. The highest BCUT2D eigenvalue weighted by Crippen LogP contribution is 2.19. The van der Waals surface area contributed by atoms with E-state index in [9.17, 15) is 14.4 Å². The van der Waals surface area contributed by atoms with E-state index in [1.807, 2.05) is 0 Å². The maximum Gasteiger partial charge on any atom is 0.306 e. The normalized spacial score (nSPS) is 12.0. The number of allylic oxidation sites excluding steroid dienone is 2. The van der Waals surface area contributed by atoms with Gasteiger partial charge in [-0.25, -0.2) is 0 Å². The third-order valence-electron chi connectivity index (χ3n) is 16.8. The first-order valence-electron chi connectivity index (χ1n) is 36.2. The van der Waals surface area contributed by atoms with E-state index < -0.39 is 6.10 Å². The Labute approximate surface area is 494 Å². The number of hydrogen-bond donors (Lipinski definition) is 0. The molecular weight excluding hydrogens is 973 g/mol. The Bertz CT molecular complexity index is 1230. The Kier molecular flexibility index (Phi) is 67.0. The second-order valence-electron chi connectivity index (χ2n) is 24.9. The van der Waals surface area contributed by atoms with E-state index in [1.165, 1.54) is 321 Å². The lowest BCUT2D eigenvalue weighted by molar-refractivity contribution is -0.167. The van der Waals surface area contributed by atoms with Crippen molar-refractivity contribution in [1.29, 1.82) is 0 Å². The summed E-state index contributed by atoms with van der Waals surface area (Å²) in [6.45, 7) is 6.68. The fourth-order valence-corrected chi connectivity index (χ4v) is 11.3. The third kappa shape index (κ3) is 66.8. The van der Waals surface area contributed by atoms with Crippen LogP contribution in [0.1, 0.15) is 419 Å². The van der Waals surface area contributed by atoms with Crippen molar-refractivity contribution < 1.29 is 28.6 Å². The van der Waals surface area contributed by atoms with Crippen LogP contribution < -0.4 is 0 Å². The maximum atomic E-state index is 12.9. The van der Waals surface area contributed by atoms with Gasteiger partial charge in [-0.1, -0.05) is 367 Å². The molecule has 0 saturated heterocycles. The largest absolute Gasteiger partial charge is 0.462 e. The number of esters is 3. The minimum absolute atomic E-state index is 0.0630. The summed E-state index contributed by atoms with van der Waals surface area (Å²) < 4.78 is 16.9. The van der Waals surface area contributed by atoms with Crippen LogP contribution >= 0.6 is 0 Å². The molecule has 1 atom stereocenters. The Morgan fingerprint density at radius 3 is 0.633 bits per heavy atom. The van der Waals surface area contributed by atoms with Gasteiger partial charge in [0.25, 0.3) is 0 Å². The van der Waals surface area contributed by atoms with Gasteiger partial charge < -0.3 is 14.2 Å². The van der Waals surface area contributed by atoms with Gasteiger partial charge in [-0.2, -0.15) is 0 Å². The fourth-order valence-electron chi connectivity index (χ4n) is 11.3. The molecule has 79 heavy (non-hydrogen) atoms. The monoisotopic (exact) mass is 1110 g/mol. The highest BCUT2D eigenvalue weighted by Gasteiger charge is 2.19. The van der Waals surface area contributed by atoms with Gasteiger partial charge in [0.15, 0.2) is 6.10 Å².